The molecule has 6 N–H and O–H groups in total. The Kier molecular flexibility index (Phi) is 4.23. The first kappa shape index (κ1) is 13.6. The van der Waals surface area contributed by atoms with Crippen molar-refractivity contribution in [1.29, 1.82) is 0 Å². The predicted octanol–water partition coefficient (Wildman–Crippen LogP) is 4.11. The van der Waals surface area contributed by atoms with E-state index in [2.05, 4.69) is 0 Å². The van der Waals surface area contributed by atoms with Crippen LogP contribution in [0.5, 0.6) is 5.75 Å². The smallest absolute Gasteiger partial charge is 0.153 e. The maximum Gasteiger partial charge on any atom is 0.153 e. The van der Waals surface area contributed by atoms with Crippen molar-refractivity contribution >= 4 is 28.9 Å². The quantitative estimate of drug-likeness (QED) is 0.539. The van der Waals surface area contributed by atoms with E-state index in [-0.39, 0.29) is 21.9 Å². The van der Waals surface area contributed by atoms with Crippen molar-refractivity contribution < 1.29 is 5.11 Å². The fraction of sp³-hybridized carbons (Fsp3) is 0. The summed E-state index contributed by atoms with van der Waals surface area (Å²) in [4.78, 5) is 0. The first-order valence-corrected chi connectivity index (χ1v) is 5.38. The maximum atomic E-state index is 9.65. The van der Waals surface area contributed by atoms with Crippen molar-refractivity contribution in [3.63, 3.8) is 0 Å². The molecule has 5 heteroatoms. The van der Waals surface area contributed by atoms with E-state index in [1.165, 1.54) is 6.07 Å². The summed E-state index contributed by atoms with van der Waals surface area (Å²) in [5, 5.41) is 9.99. The minimum absolute atomic E-state index is 0. The monoisotopic (exact) mass is 270 g/mol. The zero-order chi connectivity index (χ0) is 11.7. The lowest BCUT2D eigenvalue weighted by Gasteiger charge is -2.11. The van der Waals surface area contributed by atoms with E-state index < -0.39 is 0 Å². The number of benzene rings is 2. The molecule has 0 aliphatic heterocycles. The molecular weight excluding hydrogens is 259 g/mol. The number of phenols is 1. The molecule has 0 saturated carbocycles. The van der Waals surface area contributed by atoms with Gasteiger partial charge in [0.25, 0.3) is 0 Å². The molecule has 3 nitrogen and oxygen atoms in total. The highest BCUT2D eigenvalue weighted by Gasteiger charge is 2.14. The summed E-state index contributed by atoms with van der Waals surface area (Å²) in [6.45, 7) is 0. The Labute approximate surface area is 109 Å². The van der Waals surface area contributed by atoms with Crippen molar-refractivity contribution in [3.05, 3.63) is 46.4 Å². The zero-order valence-corrected chi connectivity index (χ0v) is 10.5. The fourth-order valence-electron chi connectivity index (χ4n) is 1.53. The molecule has 0 fully saturated rings. The second kappa shape index (κ2) is 5.27. The Morgan fingerprint density at radius 3 is 2.24 bits per heavy atom. The van der Waals surface area contributed by atoms with Crippen LogP contribution in [0.15, 0.2) is 36.4 Å². The summed E-state index contributed by atoms with van der Waals surface area (Å²) in [6, 6.07) is 10.9. The molecule has 2 aromatic carbocycles. The van der Waals surface area contributed by atoms with Crippen molar-refractivity contribution in [2.45, 2.75) is 0 Å². The molecule has 0 amide bonds. The summed E-state index contributed by atoms with van der Waals surface area (Å²) in [5.74, 6) is -0.142. The Hall–Kier alpha value is -1.42. The topological polar surface area (TPSA) is 81.2 Å². The molecule has 0 saturated heterocycles. The molecule has 0 heterocycles. The van der Waals surface area contributed by atoms with Crippen LogP contribution < -0.4 is 11.9 Å². The van der Waals surface area contributed by atoms with Crippen molar-refractivity contribution in [2.24, 2.45) is 0 Å². The molecule has 0 aromatic heterocycles. The SMILES string of the molecule is N.Nc1cc(Cl)c(O)c(Cl)c1-c1ccccc1. The molecule has 90 valence electrons. The van der Waals surface area contributed by atoms with Gasteiger partial charge in [-0.05, 0) is 11.6 Å². The van der Waals surface area contributed by atoms with Gasteiger partial charge in [0, 0.05) is 11.3 Å². The zero-order valence-electron chi connectivity index (χ0n) is 8.95. The third-order valence-electron chi connectivity index (χ3n) is 2.29. The molecule has 2 rings (SSSR count). The van der Waals surface area contributed by atoms with Crippen LogP contribution in [0.2, 0.25) is 10.0 Å². The Bertz CT molecular complexity index is 530. The van der Waals surface area contributed by atoms with Gasteiger partial charge in [-0.1, -0.05) is 53.5 Å². The van der Waals surface area contributed by atoms with Gasteiger partial charge in [0.05, 0.1) is 10.0 Å². The second-order valence-electron chi connectivity index (χ2n) is 3.35. The summed E-state index contributed by atoms with van der Waals surface area (Å²) in [7, 11) is 0. The van der Waals surface area contributed by atoms with Crippen molar-refractivity contribution in [1.82, 2.24) is 6.15 Å². The van der Waals surface area contributed by atoms with E-state index in [0.717, 1.165) is 5.56 Å². The number of rotatable bonds is 1. The Morgan fingerprint density at radius 1 is 1.06 bits per heavy atom. The van der Waals surface area contributed by atoms with Crippen LogP contribution in [0, 0.1) is 0 Å². The number of aromatic hydroxyl groups is 1. The van der Waals surface area contributed by atoms with Gasteiger partial charge >= 0.3 is 0 Å². The number of phenolic OH excluding ortho intramolecular Hbond substituents is 1. The third kappa shape index (κ3) is 2.47. The molecule has 0 atom stereocenters. The van der Waals surface area contributed by atoms with Gasteiger partial charge in [0.2, 0.25) is 0 Å². The predicted molar refractivity (Wildman–Crippen MR) is 73.0 cm³/mol. The van der Waals surface area contributed by atoms with Crippen LogP contribution >= 0.6 is 23.2 Å². The van der Waals surface area contributed by atoms with Gasteiger partial charge in [-0.25, -0.2) is 0 Å². The van der Waals surface area contributed by atoms with Crippen molar-refractivity contribution in [3.8, 4) is 16.9 Å². The standard InChI is InChI=1S/C12H9Cl2NO.H3N/c13-8-6-9(15)10(11(14)12(8)16)7-4-2-1-3-5-7;/h1-6,16H,15H2;1H3. The molecule has 17 heavy (non-hydrogen) atoms. The van der Waals surface area contributed by atoms with Gasteiger partial charge in [0.15, 0.2) is 5.75 Å². The fourth-order valence-corrected chi connectivity index (χ4v) is 2.11. The van der Waals surface area contributed by atoms with Crippen LogP contribution in [0.4, 0.5) is 5.69 Å². The lowest BCUT2D eigenvalue weighted by Crippen LogP contribution is -1.92. The highest BCUT2D eigenvalue weighted by atomic mass is 35.5. The van der Waals surface area contributed by atoms with Crippen LogP contribution in [-0.2, 0) is 0 Å². The van der Waals surface area contributed by atoms with Crippen LogP contribution in [0.3, 0.4) is 0 Å². The van der Waals surface area contributed by atoms with Gasteiger partial charge in [-0.15, -0.1) is 0 Å². The van der Waals surface area contributed by atoms with Crippen LogP contribution in [0.1, 0.15) is 0 Å². The van der Waals surface area contributed by atoms with E-state index in [1.807, 2.05) is 30.3 Å². The molecule has 0 aliphatic carbocycles. The molecule has 0 radical (unpaired) electrons. The third-order valence-corrected chi connectivity index (χ3v) is 2.94. The van der Waals surface area contributed by atoms with Gasteiger partial charge in [0.1, 0.15) is 0 Å². The molecule has 2 aromatic rings. The number of hydrogen-bond acceptors (Lipinski definition) is 3. The van der Waals surface area contributed by atoms with E-state index in [9.17, 15) is 5.11 Å². The first-order valence-electron chi connectivity index (χ1n) is 4.63. The van der Waals surface area contributed by atoms with Crippen LogP contribution in [0.25, 0.3) is 11.1 Å². The van der Waals surface area contributed by atoms with Gasteiger partial charge in [-0.2, -0.15) is 0 Å². The maximum absolute atomic E-state index is 9.65. The van der Waals surface area contributed by atoms with E-state index >= 15 is 0 Å². The second-order valence-corrected chi connectivity index (χ2v) is 4.14. The minimum atomic E-state index is -0.142. The van der Waals surface area contributed by atoms with Crippen LogP contribution in [-0.4, -0.2) is 5.11 Å². The Morgan fingerprint density at radius 2 is 1.65 bits per heavy atom. The van der Waals surface area contributed by atoms with E-state index in [4.69, 9.17) is 28.9 Å². The molecule has 0 unspecified atom stereocenters. The number of nitrogens with two attached hydrogens (primary N) is 1. The molecule has 0 spiro atoms. The minimum Gasteiger partial charge on any atom is -0.505 e. The number of hydrogen-bond donors (Lipinski definition) is 3. The lowest BCUT2D eigenvalue weighted by molar-refractivity contribution is 0.476. The first-order chi connectivity index (χ1) is 7.61. The summed E-state index contributed by atoms with van der Waals surface area (Å²) >= 11 is 11.8. The van der Waals surface area contributed by atoms with Gasteiger partial charge in [-0.3, -0.25) is 0 Å². The Balaban J connectivity index is 0.00000144. The lowest BCUT2D eigenvalue weighted by atomic mass is 10.0. The van der Waals surface area contributed by atoms with Gasteiger partial charge < -0.3 is 17.0 Å². The average molecular weight is 271 g/mol. The number of nitrogen functional groups attached to an aromatic ring is 1. The summed E-state index contributed by atoms with van der Waals surface area (Å²) < 4.78 is 0. The van der Waals surface area contributed by atoms with E-state index in [1.54, 1.807) is 0 Å². The van der Waals surface area contributed by atoms with Crippen molar-refractivity contribution in [2.75, 3.05) is 5.73 Å². The molecule has 0 bridgehead atoms. The molecular formula is C12H12Cl2N2O. The summed E-state index contributed by atoms with van der Waals surface area (Å²) in [6.07, 6.45) is 0. The normalized spacial score (nSPS) is 9.76. The number of halogens is 2. The average Bonchev–Trinajstić information content (AvgIpc) is 2.28. The summed E-state index contributed by atoms with van der Waals surface area (Å²) in [5.41, 5.74) is 7.73. The molecule has 0 aliphatic rings. The number of anilines is 1. The largest absolute Gasteiger partial charge is 0.505 e. The highest BCUT2D eigenvalue weighted by Crippen LogP contribution is 2.43. The highest BCUT2D eigenvalue weighted by molar-refractivity contribution is 6.39. The van der Waals surface area contributed by atoms with E-state index in [0.29, 0.717) is 11.3 Å².